The molecule has 0 N–H and O–H groups in total. The number of thioether (sulfide) groups is 2. The quantitative estimate of drug-likeness (QED) is 0.756. The van der Waals surface area contributed by atoms with E-state index in [2.05, 4.69) is 36.4 Å². The van der Waals surface area contributed by atoms with Gasteiger partial charge in [0.15, 0.2) is 0 Å². The zero-order valence-electron chi connectivity index (χ0n) is 10.8. The Kier molecular flexibility index (Phi) is 4.04. The highest BCUT2D eigenvalue weighted by atomic mass is 32.2. The van der Waals surface area contributed by atoms with Crippen LogP contribution in [0, 0.1) is 0 Å². The summed E-state index contributed by atoms with van der Waals surface area (Å²) in [6.45, 7) is 0. The lowest BCUT2D eigenvalue weighted by Gasteiger charge is -2.10. The minimum Gasteiger partial charge on any atom is -0.497 e. The van der Waals surface area contributed by atoms with Gasteiger partial charge in [-0.3, -0.25) is 0 Å². The molecule has 98 valence electrons. The molecule has 1 aliphatic heterocycles. The molecule has 0 saturated carbocycles. The van der Waals surface area contributed by atoms with Crippen molar-refractivity contribution in [2.45, 2.75) is 15.7 Å². The Hall–Kier alpha value is -1.06. The lowest BCUT2D eigenvalue weighted by Crippen LogP contribution is -1.99. The number of fused-ring (bicyclic) bond motifs is 1. The van der Waals surface area contributed by atoms with Crippen LogP contribution in [0.25, 0.3) is 0 Å². The van der Waals surface area contributed by atoms with Gasteiger partial charge in [0.1, 0.15) is 5.75 Å². The van der Waals surface area contributed by atoms with E-state index in [1.807, 2.05) is 35.7 Å². The van der Waals surface area contributed by atoms with Crippen LogP contribution in [0.15, 0.2) is 58.3 Å². The van der Waals surface area contributed by atoms with Crippen LogP contribution in [0.4, 0.5) is 0 Å². The van der Waals surface area contributed by atoms with Gasteiger partial charge in [-0.25, -0.2) is 0 Å². The molecular weight excluding hydrogens is 272 g/mol. The highest BCUT2D eigenvalue weighted by Gasteiger charge is 2.22. The maximum atomic E-state index is 5.18. The number of ether oxygens (including phenoxy) is 1. The van der Waals surface area contributed by atoms with Crippen molar-refractivity contribution >= 4 is 23.5 Å². The Morgan fingerprint density at radius 1 is 1.16 bits per heavy atom. The molecule has 1 unspecified atom stereocenters. The number of hydrogen-bond donors (Lipinski definition) is 0. The molecule has 0 radical (unpaired) electrons. The van der Waals surface area contributed by atoms with E-state index in [-0.39, 0.29) is 0 Å². The first kappa shape index (κ1) is 12.9. The zero-order valence-corrected chi connectivity index (χ0v) is 12.5. The molecule has 0 bridgehead atoms. The Morgan fingerprint density at radius 3 is 2.74 bits per heavy atom. The monoisotopic (exact) mass is 288 g/mol. The van der Waals surface area contributed by atoms with Gasteiger partial charge in [-0.2, -0.15) is 0 Å². The van der Waals surface area contributed by atoms with Gasteiger partial charge in [0.2, 0.25) is 0 Å². The maximum absolute atomic E-state index is 5.18. The minimum absolute atomic E-state index is 0.674. The second kappa shape index (κ2) is 5.93. The van der Waals surface area contributed by atoms with Crippen molar-refractivity contribution in [3.63, 3.8) is 0 Å². The number of methoxy groups -OCH3 is 1. The fourth-order valence-electron chi connectivity index (χ4n) is 2.24. The van der Waals surface area contributed by atoms with Crippen LogP contribution in [0.1, 0.15) is 11.5 Å². The maximum Gasteiger partial charge on any atom is 0.118 e. The van der Waals surface area contributed by atoms with E-state index < -0.39 is 0 Å². The molecule has 1 heterocycles. The smallest absolute Gasteiger partial charge is 0.118 e. The molecule has 0 fully saturated rings. The average molecular weight is 288 g/mol. The van der Waals surface area contributed by atoms with Crippen LogP contribution in [-0.2, 0) is 0 Å². The van der Waals surface area contributed by atoms with E-state index >= 15 is 0 Å². The standard InChI is InChI=1S/C16H16OS2/c1-17-13-6-8-14(9-7-13)18-10-12-11-19-16-5-3-2-4-15(12)16/h2-9,12H,10-11H2,1H3. The van der Waals surface area contributed by atoms with E-state index in [1.165, 1.54) is 21.1 Å². The van der Waals surface area contributed by atoms with Crippen LogP contribution in [0.5, 0.6) is 5.75 Å². The van der Waals surface area contributed by atoms with Crippen LogP contribution < -0.4 is 4.74 Å². The summed E-state index contributed by atoms with van der Waals surface area (Å²) in [6.07, 6.45) is 0. The molecular formula is C16H16OS2. The highest BCUT2D eigenvalue weighted by Crippen LogP contribution is 2.41. The third-order valence-electron chi connectivity index (χ3n) is 3.31. The first-order valence-corrected chi connectivity index (χ1v) is 8.32. The van der Waals surface area contributed by atoms with Gasteiger partial charge >= 0.3 is 0 Å². The van der Waals surface area contributed by atoms with Gasteiger partial charge in [-0.1, -0.05) is 18.2 Å². The molecule has 0 spiro atoms. The number of hydrogen-bond acceptors (Lipinski definition) is 3. The van der Waals surface area contributed by atoms with Gasteiger partial charge in [0.05, 0.1) is 7.11 Å². The predicted molar refractivity (Wildman–Crippen MR) is 83.6 cm³/mol. The first-order valence-electron chi connectivity index (χ1n) is 6.35. The molecule has 1 nitrogen and oxygen atoms in total. The Labute approximate surface area is 122 Å². The van der Waals surface area contributed by atoms with E-state index in [9.17, 15) is 0 Å². The summed E-state index contributed by atoms with van der Waals surface area (Å²) in [4.78, 5) is 2.78. The van der Waals surface area contributed by atoms with Gasteiger partial charge in [-0.05, 0) is 35.9 Å². The Morgan fingerprint density at radius 2 is 1.95 bits per heavy atom. The van der Waals surface area contributed by atoms with Crippen LogP contribution in [-0.4, -0.2) is 18.6 Å². The molecule has 3 heteroatoms. The molecule has 0 aromatic heterocycles. The minimum atomic E-state index is 0.674. The van der Waals surface area contributed by atoms with Crippen molar-refractivity contribution in [1.29, 1.82) is 0 Å². The van der Waals surface area contributed by atoms with Crippen molar-refractivity contribution < 1.29 is 4.74 Å². The van der Waals surface area contributed by atoms with Crippen molar-refractivity contribution in [2.75, 3.05) is 18.6 Å². The molecule has 2 aromatic rings. The van der Waals surface area contributed by atoms with E-state index in [0.717, 1.165) is 11.5 Å². The molecule has 0 aliphatic carbocycles. The normalized spacial score (nSPS) is 17.2. The number of rotatable bonds is 4. The van der Waals surface area contributed by atoms with Crippen molar-refractivity contribution in [3.8, 4) is 5.75 Å². The molecule has 1 atom stereocenters. The van der Waals surface area contributed by atoms with Crippen molar-refractivity contribution in [2.24, 2.45) is 0 Å². The lowest BCUT2D eigenvalue weighted by molar-refractivity contribution is 0.414. The van der Waals surface area contributed by atoms with Crippen molar-refractivity contribution in [3.05, 3.63) is 54.1 Å². The summed E-state index contributed by atoms with van der Waals surface area (Å²) in [5, 5.41) is 0. The summed E-state index contributed by atoms with van der Waals surface area (Å²) in [5.41, 5.74) is 1.52. The zero-order chi connectivity index (χ0) is 13.1. The number of benzene rings is 2. The second-order valence-electron chi connectivity index (χ2n) is 4.53. The van der Waals surface area contributed by atoms with Crippen LogP contribution >= 0.6 is 23.5 Å². The molecule has 1 aliphatic rings. The molecule has 19 heavy (non-hydrogen) atoms. The Bertz CT molecular complexity index is 551. The lowest BCUT2D eigenvalue weighted by atomic mass is 10.0. The van der Waals surface area contributed by atoms with Gasteiger partial charge < -0.3 is 4.74 Å². The summed E-state index contributed by atoms with van der Waals surface area (Å²) < 4.78 is 5.18. The molecule has 0 saturated heterocycles. The molecule has 0 amide bonds. The van der Waals surface area contributed by atoms with Gasteiger partial charge in [0.25, 0.3) is 0 Å². The fraction of sp³-hybridized carbons (Fsp3) is 0.250. The van der Waals surface area contributed by atoms with E-state index in [4.69, 9.17) is 4.74 Å². The largest absolute Gasteiger partial charge is 0.497 e. The second-order valence-corrected chi connectivity index (χ2v) is 6.69. The van der Waals surface area contributed by atoms with Crippen LogP contribution in [0.3, 0.4) is 0 Å². The Balaban J connectivity index is 1.64. The first-order chi connectivity index (χ1) is 9.36. The summed E-state index contributed by atoms with van der Waals surface area (Å²) in [7, 11) is 1.70. The molecule has 3 rings (SSSR count). The average Bonchev–Trinajstić information content (AvgIpc) is 2.89. The fourth-order valence-corrected chi connectivity index (χ4v) is 4.66. The van der Waals surface area contributed by atoms with Crippen molar-refractivity contribution in [1.82, 2.24) is 0 Å². The summed E-state index contributed by atoms with van der Waals surface area (Å²) in [5.74, 6) is 3.96. The summed E-state index contributed by atoms with van der Waals surface area (Å²) in [6, 6.07) is 17.1. The van der Waals surface area contributed by atoms with Crippen LogP contribution in [0.2, 0.25) is 0 Å². The summed E-state index contributed by atoms with van der Waals surface area (Å²) >= 11 is 3.92. The SMILES string of the molecule is COc1ccc(SCC2CSc3ccccc32)cc1. The van der Waals surface area contributed by atoms with E-state index in [0.29, 0.717) is 5.92 Å². The third-order valence-corrected chi connectivity index (χ3v) is 5.74. The highest BCUT2D eigenvalue weighted by molar-refractivity contribution is 8.00. The van der Waals surface area contributed by atoms with Gasteiger partial charge in [0, 0.05) is 27.2 Å². The predicted octanol–water partition coefficient (Wildman–Crippen LogP) is 4.68. The van der Waals surface area contributed by atoms with E-state index in [1.54, 1.807) is 7.11 Å². The third kappa shape index (κ3) is 2.93. The topological polar surface area (TPSA) is 9.23 Å². The molecule has 2 aromatic carbocycles. The van der Waals surface area contributed by atoms with Gasteiger partial charge in [-0.15, -0.1) is 23.5 Å².